The first-order valence-corrected chi connectivity index (χ1v) is 7.47. The number of fused-ring (bicyclic) bond motifs is 2. The van der Waals surface area contributed by atoms with Crippen LogP contribution < -0.4 is 4.74 Å². The summed E-state index contributed by atoms with van der Waals surface area (Å²) in [7, 11) is 1.51. The second kappa shape index (κ2) is 5.59. The predicted octanol–water partition coefficient (Wildman–Crippen LogP) is 4.49. The number of hydrogen-bond donors (Lipinski definition) is 1. The van der Waals surface area contributed by atoms with Gasteiger partial charge in [-0.15, -0.1) is 0 Å². The van der Waals surface area contributed by atoms with Crippen molar-refractivity contribution in [2.45, 2.75) is 0 Å². The number of rotatable bonds is 3. The molecule has 0 bridgehead atoms. The number of methoxy groups -OCH3 is 1. The molecular formula is C19H12FNO4. The van der Waals surface area contributed by atoms with E-state index in [1.165, 1.54) is 25.3 Å². The molecule has 4 rings (SSSR count). The van der Waals surface area contributed by atoms with Crippen molar-refractivity contribution >= 4 is 27.8 Å². The van der Waals surface area contributed by atoms with Gasteiger partial charge in [-0.25, -0.2) is 14.2 Å². The van der Waals surface area contributed by atoms with E-state index in [0.717, 1.165) is 0 Å². The van der Waals surface area contributed by atoms with E-state index in [1.54, 1.807) is 30.3 Å². The van der Waals surface area contributed by atoms with E-state index < -0.39 is 11.8 Å². The van der Waals surface area contributed by atoms with Gasteiger partial charge in [-0.2, -0.15) is 0 Å². The number of pyridine rings is 1. The van der Waals surface area contributed by atoms with Crippen molar-refractivity contribution in [2.24, 2.45) is 0 Å². The molecule has 0 aliphatic heterocycles. The lowest BCUT2D eigenvalue weighted by Crippen LogP contribution is -2.00. The molecule has 0 radical (unpaired) electrons. The van der Waals surface area contributed by atoms with Crippen molar-refractivity contribution < 1.29 is 23.4 Å². The summed E-state index contributed by atoms with van der Waals surface area (Å²) in [5.74, 6) is -0.656. The van der Waals surface area contributed by atoms with Gasteiger partial charge in [-0.1, -0.05) is 6.07 Å². The minimum absolute atomic E-state index is 0.0693. The molecule has 0 saturated carbocycles. The van der Waals surface area contributed by atoms with E-state index in [1.807, 2.05) is 0 Å². The normalized spacial score (nSPS) is 11.1. The van der Waals surface area contributed by atoms with Gasteiger partial charge in [0, 0.05) is 5.39 Å². The van der Waals surface area contributed by atoms with Gasteiger partial charge in [-0.3, -0.25) is 0 Å². The van der Waals surface area contributed by atoms with Crippen molar-refractivity contribution in [3.8, 4) is 17.2 Å². The third-order valence-electron chi connectivity index (χ3n) is 4.01. The number of carboxylic acid groups (broad SMARTS) is 1. The first-order chi connectivity index (χ1) is 12.1. The number of aromatic carboxylic acids is 1. The largest absolute Gasteiger partial charge is 0.497 e. The zero-order valence-electron chi connectivity index (χ0n) is 13.1. The Morgan fingerprint density at radius 2 is 2.00 bits per heavy atom. The number of halogens is 1. The van der Waals surface area contributed by atoms with Crippen LogP contribution in [0.25, 0.3) is 33.3 Å². The van der Waals surface area contributed by atoms with Crippen LogP contribution in [-0.4, -0.2) is 23.2 Å². The van der Waals surface area contributed by atoms with Gasteiger partial charge in [0.1, 0.15) is 22.8 Å². The number of benzene rings is 2. The Morgan fingerprint density at radius 1 is 1.16 bits per heavy atom. The Kier molecular flexibility index (Phi) is 3.39. The first kappa shape index (κ1) is 15.1. The molecule has 4 aromatic rings. The third-order valence-corrected chi connectivity index (χ3v) is 4.01. The van der Waals surface area contributed by atoms with E-state index in [-0.39, 0.29) is 5.56 Å². The van der Waals surface area contributed by atoms with Crippen LogP contribution >= 0.6 is 0 Å². The fourth-order valence-corrected chi connectivity index (χ4v) is 2.79. The van der Waals surface area contributed by atoms with Crippen LogP contribution in [0.1, 0.15) is 10.4 Å². The Balaban J connectivity index is 1.97. The van der Waals surface area contributed by atoms with Crippen LogP contribution in [0.4, 0.5) is 4.39 Å². The fourth-order valence-electron chi connectivity index (χ4n) is 2.79. The van der Waals surface area contributed by atoms with Crippen LogP contribution in [0, 0.1) is 5.82 Å². The molecule has 1 N–H and O–H groups in total. The summed E-state index contributed by atoms with van der Waals surface area (Å²) in [6, 6.07) is 12.5. The minimum atomic E-state index is -1.09. The van der Waals surface area contributed by atoms with E-state index in [9.17, 15) is 14.3 Å². The standard InChI is InChI=1S/C19H12FNO4/c1-24-10-5-6-15-11(7-10)12(19(22)23)8-16(21-15)18-9-13-14(20)3-2-4-17(13)25-18/h2-9H,1H3,(H,22,23). The topological polar surface area (TPSA) is 72.6 Å². The number of carbonyl (C=O) groups is 1. The summed E-state index contributed by atoms with van der Waals surface area (Å²) in [4.78, 5) is 16.1. The van der Waals surface area contributed by atoms with Gasteiger partial charge in [0.15, 0.2) is 5.76 Å². The smallest absolute Gasteiger partial charge is 0.336 e. The van der Waals surface area contributed by atoms with Crippen LogP contribution in [0.3, 0.4) is 0 Å². The maximum atomic E-state index is 13.9. The number of nitrogens with zero attached hydrogens (tertiary/aromatic N) is 1. The van der Waals surface area contributed by atoms with Crippen molar-refractivity contribution in [3.63, 3.8) is 0 Å². The SMILES string of the molecule is COc1ccc2nc(-c3cc4c(F)cccc4o3)cc(C(=O)O)c2c1. The molecule has 0 aliphatic rings. The Bertz CT molecular complexity index is 1130. The molecule has 0 spiro atoms. The van der Waals surface area contributed by atoms with E-state index in [2.05, 4.69) is 4.98 Å². The molecule has 124 valence electrons. The molecule has 0 atom stereocenters. The molecule has 2 aromatic carbocycles. The van der Waals surface area contributed by atoms with Crippen LogP contribution in [0.5, 0.6) is 5.75 Å². The van der Waals surface area contributed by atoms with Crippen LogP contribution in [0.15, 0.2) is 52.9 Å². The molecular weight excluding hydrogens is 325 g/mol. The van der Waals surface area contributed by atoms with Crippen molar-refractivity contribution in [3.05, 3.63) is 59.9 Å². The highest BCUT2D eigenvalue weighted by Gasteiger charge is 2.17. The van der Waals surface area contributed by atoms with Gasteiger partial charge < -0.3 is 14.3 Å². The number of furan rings is 1. The molecule has 0 fully saturated rings. The first-order valence-electron chi connectivity index (χ1n) is 7.47. The molecule has 0 unspecified atom stereocenters. The second-order valence-corrected chi connectivity index (χ2v) is 5.51. The zero-order chi connectivity index (χ0) is 17.6. The molecule has 0 saturated heterocycles. The van der Waals surface area contributed by atoms with E-state index >= 15 is 0 Å². The monoisotopic (exact) mass is 337 g/mol. The van der Waals surface area contributed by atoms with Gasteiger partial charge in [0.2, 0.25) is 0 Å². The lowest BCUT2D eigenvalue weighted by molar-refractivity contribution is 0.0699. The van der Waals surface area contributed by atoms with Gasteiger partial charge in [0.25, 0.3) is 0 Å². The minimum Gasteiger partial charge on any atom is -0.497 e. The summed E-state index contributed by atoms with van der Waals surface area (Å²) in [5.41, 5.74) is 1.26. The molecule has 0 aliphatic carbocycles. The molecule has 2 aromatic heterocycles. The Labute approximate surface area is 141 Å². The molecule has 0 amide bonds. The van der Waals surface area contributed by atoms with Crippen molar-refractivity contribution in [1.82, 2.24) is 4.98 Å². The lowest BCUT2D eigenvalue weighted by Gasteiger charge is -2.07. The summed E-state index contributed by atoms with van der Waals surface area (Å²) in [6.07, 6.45) is 0. The second-order valence-electron chi connectivity index (χ2n) is 5.51. The summed E-state index contributed by atoms with van der Waals surface area (Å²) in [6.45, 7) is 0. The highest BCUT2D eigenvalue weighted by molar-refractivity contribution is 6.04. The van der Waals surface area contributed by atoms with E-state index in [4.69, 9.17) is 9.15 Å². The number of aromatic nitrogens is 1. The number of carboxylic acids is 1. The molecule has 6 heteroatoms. The average molecular weight is 337 g/mol. The van der Waals surface area contributed by atoms with Crippen molar-refractivity contribution in [2.75, 3.05) is 7.11 Å². The quantitative estimate of drug-likeness (QED) is 0.596. The number of ether oxygens (including phenoxy) is 1. The predicted molar refractivity (Wildman–Crippen MR) is 90.4 cm³/mol. The maximum absolute atomic E-state index is 13.9. The highest BCUT2D eigenvalue weighted by Crippen LogP contribution is 2.32. The van der Waals surface area contributed by atoms with E-state index in [0.29, 0.717) is 39.1 Å². The van der Waals surface area contributed by atoms with Gasteiger partial charge in [0.05, 0.1) is 23.6 Å². The molecule has 25 heavy (non-hydrogen) atoms. The summed E-state index contributed by atoms with van der Waals surface area (Å²) >= 11 is 0. The maximum Gasteiger partial charge on any atom is 0.336 e. The third kappa shape index (κ3) is 2.48. The fraction of sp³-hybridized carbons (Fsp3) is 0.0526. The average Bonchev–Trinajstić information content (AvgIpc) is 3.06. The lowest BCUT2D eigenvalue weighted by atomic mass is 10.1. The van der Waals surface area contributed by atoms with Crippen LogP contribution in [0.2, 0.25) is 0 Å². The Hall–Kier alpha value is -3.41. The summed E-state index contributed by atoms with van der Waals surface area (Å²) < 4.78 is 24.7. The Morgan fingerprint density at radius 3 is 2.72 bits per heavy atom. The number of hydrogen-bond acceptors (Lipinski definition) is 4. The van der Waals surface area contributed by atoms with Gasteiger partial charge >= 0.3 is 5.97 Å². The summed E-state index contributed by atoms with van der Waals surface area (Å²) in [5, 5.41) is 10.3. The molecule has 2 heterocycles. The zero-order valence-corrected chi connectivity index (χ0v) is 13.1. The molecule has 5 nitrogen and oxygen atoms in total. The van der Waals surface area contributed by atoms with Crippen LogP contribution in [-0.2, 0) is 0 Å². The van der Waals surface area contributed by atoms with Gasteiger partial charge in [-0.05, 0) is 42.5 Å². The van der Waals surface area contributed by atoms with Crippen molar-refractivity contribution in [1.29, 1.82) is 0 Å². The highest BCUT2D eigenvalue weighted by atomic mass is 19.1.